The molecule has 7 rings (SSSR count). The molecular formula is C31H28F2N6O. The van der Waals surface area contributed by atoms with E-state index in [0.29, 0.717) is 29.0 Å². The maximum absolute atomic E-state index is 15.4. The average molecular weight is 539 g/mol. The minimum atomic E-state index is -1.26. The van der Waals surface area contributed by atoms with Crippen LogP contribution in [0.5, 0.6) is 0 Å². The van der Waals surface area contributed by atoms with Crippen LogP contribution in [0.3, 0.4) is 0 Å². The molecule has 2 aromatic heterocycles. The van der Waals surface area contributed by atoms with Gasteiger partial charge >= 0.3 is 0 Å². The van der Waals surface area contributed by atoms with E-state index in [1.165, 1.54) is 6.07 Å². The summed E-state index contributed by atoms with van der Waals surface area (Å²) >= 11 is 0. The summed E-state index contributed by atoms with van der Waals surface area (Å²) < 4.78 is 32.1. The maximum Gasteiger partial charge on any atom is 0.273 e. The van der Waals surface area contributed by atoms with E-state index in [4.69, 9.17) is 5.10 Å². The highest BCUT2D eigenvalue weighted by Crippen LogP contribution is 2.42. The summed E-state index contributed by atoms with van der Waals surface area (Å²) in [6, 6.07) is 17.9. The topological polar surface area (TPSA) is 77.5 Å². The molecule has 1 saturated carbocycles. The van der Waals surface area contributed by atoms with Crippen LogP contribution >= 0.6 is 0 Å². The first-order valence-electron chi connectivity index (χ1n) is 13.8. The Morgan fingerprint density at radius 3 is 2.58 bits per heavy atom. The summed E-state index contributed by atoms with van der Waals surface area (Å²) in [5, 5.41) is 13.9. The molecule has 7 nitrogen and oxygen atoms in total. The lowest BCUT2D eigenvalue weighted by Crippen LogP contribution is -2.40. The highest BCUT2D eigenvalue weighted by molar-refractivity contribution is 5.93. The molecule has 1 saturated heterocycles. The second kappa shape index (κ2) is 9.40. The number of hydrogen-bond acceptors (Lipinski definition) is 5. The van der Waals surface area contributed by atoms with Crippen LogP contribution in [0.2, 0.25) is 0 Å². The summed E-state index contributed by atoms with van der Waals surface area (Å²) in [5.41, 5.74) is 4.53. The van der Waals surface area contributed by atoms with Crippen molar-refractivity contribution in [2.75, 3.05) is 24.5 Å². The number of nitrogens with zero attached hydrogens (tertiary/aromatic N) is 6. The van der Waals surface area contributed by atoms with E-state index in [1.54, 1.807) is 33.7 Å². The van der Waals surface area contributed by atoms with Crippen molar-refractivity contribution in [3.8, 4) is 17.3 Å². The van der Waals surface area contributed by atoms with Gasteiger partial charge in [-0.1, -0.05) is 24.3 Å². The molecule has 2 aliphatic heterocycles. The molecule has 2 aromatic carbocycles. The average Bonchev–Trinajstić information content (AvgIpc) is 3.54. The van der Waals surface area contributed by atoms with Gasteiger partial charge in [-0.2, -0.15) is 10.4 Å². The second-order valence-electron chi connectivity index (χ2n) is 11.1. The molecule has 3 aliphatic rings. The van der Waals surface area contributed by atoms with Crippen molar-refractivity contribution in [3.63, 3.8) is 0 Å². The van der Waals surface area contributed by atoms with Gasteiger partial charge in [-0.15, -0.1) is 0 Å². The predicted octanol–water partition coefficient (Wildman–Crippen LogP) is 5.99. The van der Waals surface area contributed by atoms with Gasteiger partial charge in [0.05, 0.1) is 30.3 Å². The van der Waals surface area contributed by atoms with Crippen molar-refractivity contribution in [3.05, 3.63) is 82.9 Å². The number of rotatable bonds is 4. The fourth-order valence-corrected chi connectivity index (χ4v) is 6.10. The van der Waals surface area contributed by atoms with Gasteiger partial charge in [0, 0.05) is 42.0 Å². The third-order valence-corrected chi connectivity index (χ3v) is 8.50. The Balaban J connectivity index is 1.23. The lowest BCUT2D eigenvalue weighted by Gasteiger charge is -2.36. The van der Waals surface area contributed by atoms with Crippen molar-refractivity contribution < 1.29 is 13.6 Å². The minimum absolute atomic E-state index is 0.0309. The molecule has 0 N–H and O–H groups in total. The standard InChI is InChI=1S/C31H28F2N6O/c1-18-22-4-2-3-5-23(22)26(33)17-38(18)31(40)28-13-29(20-6-7-20)39-30(35-28)14-27(36-39)24-9-8-21(12-25(24)32)37-11-10-19(15-34)16-37/h2-5,8-9,12-14,18-20,26H,6-7,10-11,16-17H2,1H3. The number of halogens is 2. The van der Waals surface area contributed by atoms with E-state index < -0.39 is 12.0 Å². The van der Waals surface area contributed by atoms with Gasteiger partial charge in [0.1, 0.15) is 17.7 Å². The fourth-order valence-electron chi connectivity index (χ4n) is 6.10. The Morgan fingerprint density at radius 2 is 1.85 bits per heavy atom. The second-order valence-corrected chi connectivity index (χ2v) is 11.1. The van der Waals surface area contributed by atoms with E-state index in [0.717, 1.165) is 42.8 Å². The van der Waals surface area contributed by atoms with E-state index in [-0.39, 0.29) is 36.0 Å². The normalized spacial score (nSPS) is 22.4. The molecule has 0 bridgehead atoms. The highest BCUT2D eigenvalue weighted by Gasteiger charge is 2.36. The van der Waals surface area contributed by atoms with Crippen molar-refractivity contribution >= 4 is 17.2 Å². The van der Waals surface area contributed by atoms with Crippen molar-refractivity contribution in [2.45, 2.75) is 44.3 Å². The number of aromatic nitrogens is 3. The van der Waals surface area contributed by atoms with Crippen LogP contribution in [-0.2, 0) is 0 Å². The lowest BCUT2D eigenvalue weighted by atomic mass is 9.92. The summed E-state index contributed by atoms with van der Waals surface area (Å²) in [5.74, 6) is -0.522. The fraction of sp³-hybridized carbons (Fsp3) is 0.355. The zero-order valence-corrected chi connectivity index (χ0v) is 22.1. The minimum Gasteiger partial charge on any atom is -0.370 e. The number of alkyl halides is 1. The van der Waals surface area contributed by atoms with Crippen LogP contribution in [0.1, 0.15) is 71.6 Å². The summed E-state index contributed by atoms with van der Waals surface area (Å²) in [4.78, 5) is 21.9. The van der Waals surface area contributed by atoms with E-state index in [9.17, 15) is 10.1 Å². The lowest BCUT2D eigenvalue weighted by molar-refractivity contribution is 0.0585. The van der Waals surface area contributed by atoms with Gasteiger partial charge < -0.3 is 9.80 Å². The Labute approximate surface area is 230 Å². The molecule has 2 fully saturated rings. The number of benzene rings is 2. The largest absolute Gasteiger partial charge is 0.370 e. The van der Waals surface area contributed by atoms with Crippen LogP contribution in [0.4, 0.5) is 14.5 Å². The van der Waals surface area contributed by atoms with E-state index in [1.807, 2.05) is 36.1 Å². The first-order valence-corrected chi connectivity index (χ1v) is 13.8. The Bertz CT molecular complexity index is 1690. The van der Waals surface area contributed by atoms with Gasteiger partial charge in [-0.05, 0) is 61.6 Å². The molecule has 3 atom stereocenters. The first kappa shape index (κ1) is 24.7. The van der Waals surface area contributed by atoms with Crippen LogP contribution < -0.4 is 4.90 Å². The number of hydrogen-bond donors (Lipinski definition) is 0. The Morgan fingerprint density at radius 1 is 1.05 bits per heavy atom. The van der Waals surface area contributed by atoms with E-state index >= 15 is 8.78 Å². The van der Waals surface area contributed by atoms with Crippen molar-refractivity contribution in [2.24, 2.45) is 5.92 Å². The molecule has 4 heterocycles. The zero-order valence-electron chi connectivity index (χ0n) is 22.1. The van der Waals surface area contributed by atoms with Gasteiger partial charge in [-0.25, -0.2) is 18.3 Å². The molecule has 40 heavy (non-hydrogen) atoms. The molecule has 3 unspecified atom stereocenters. The third-order valence-electron chi connectivity index (χ3n) is 8.50. The molecule has 9 heteroatoms. The molecule has 202 valence electrons. The van der Waals surface area contributed by atoms with Crippen molar-refractivity contribution in [1.29, 1.82) is 5.26 Å². The van der Waals surface area contributed by atoms with Gasteiger partial charge in [0.15, 0.2) is 5.65 Å². The van der Waals surface area contributed by atoms with Gasteiger partial charge in [-0.3, -0.25) is 4.79 Å². The highest BCUT2D eigenvalue weighted by atomic mass is 19.1. The van der Waals surface area contributed by atoms with Crippen molar-refractivity contribution in [1.82, 2.24) is 19.5 Å². The van der Waals surface area contributed by atoms with E-state index in [2.05, 4.69) is 11.1 Å². The first-order chi connectivity index (χ1) is 19.4. The smallest absolute Gasteiger partial charge is 0.273 e. The third kappa shape index (κ3) is 4.10. The molecule has 4 aromatic rings. The molecule has 1 amide bonds. The SMILES string of the molecule is CC1c2ccccc2C(F)CN1C(=O)c1cc(C2CC2)n2nc(-c3ccc(N4CCC(C#N)C4)cc3F)cc2n1. The van der Waals surface area contributed by atoms with Crippen LogP contribution in [0.15, 0.2) is 54.6 Å². The van der Waals surface area contributed by atoms with Crippen LogP contribution in [0.25, 0.3) is 16.9 Å². The quantitative estimate of drug-likeness (QED) is 0.319. The summed E-state index contributed by atoms with van der Waals surface area (Å²) in [6.45, 7) is 3.20. The molecular weight excluding hydrogens is 510 g/mol. The molecule has 1 aliphatic carbocycles. The van der Waals surface area contributed by atoms with Crippen LogP contribution in [-0.4, -0.2) is 45.0 Å². The number of anilines is 1. The Kier molecular flexibility index (Phi) is 5.81. The number of fused-ring (bicyclic) bond motifs is 2. The Hall–Kier alpha value is -4.32. The van der Waals surface area contributed by atoms with Gasteiger partial charge in [0.25, 0.3) is 5.91 Å². The zero-order chi connectivity index (χ0) is 27.5. The number of carbonyl (C=O) groups excluding carboxylic acids is 1. The molecule has 0 radical (unpaired) electrons. The molecule has 0 spiro atoms. The monoisotopic (exact) mass is 538 g/mol. The maximum atomic E-state index is 15.4. The van der Waals surface area contributed by atoms with Gasteiger partial charge in [0.2, 0.25) is 0 Å². The number of amides is 1. The summed E-state index contributed by atoms with van der Waals surface area (Å²) in [7, 11) is 0. The summed E-state index contributed by atoms with van der Waals surface area (Å²) in [6.07, 6.45) is 1.47. The number of nitriles is 1. The predicted molar refractivity (Wildman–Crippen MR) is 146 cm³/mol. The van der Waals surface area contributed by atoms with Crippen LogP contribution in [0, 0.1) is 23.1 Å². The number of carbonyl (C=O) groups is 1.